The number of ether oxygens (including phenoxy) is 2. The molecule has 174 valence electrons. The number of hydrogen-bond acceptors (Lipinski definition) is 4. The molecule has 0 unspecified atom stereocenters. The maximum Gasteiger partial charge on any atom is 0.416 e. The highest BCUT2D eigenvalue weighted by Gasteiger charge is 2.36. The monoisotopic (exact) mass is 467 g/mol. The SMILES string of the molecule is C=CN(COC1=C(c2c(C)cc(-c3ccc(Cl)cc3)cc2C)C(=O)CC(C)(C)C1)C(=O)OC. The number of rotatable bonds is 6. The molecule has 1 amide bonds. The summed E-state index contributed by atoms with van der Waals surface area (Å²) >= 11 is 6.04. The van der Waals surface area contributed by atoms with E-state index in [0.29, 0.717) is 29.2 Å². The second kappa shape index (κ2) is 9.84. The lowest BCUT2D eigenvalue weighted by molar-refractivity contribution is -0.116. The molecule has 0 fully saturated rings. The number of nitrogens with zero attached hydrogens (tertiary/aromatic N) is 1. The summed E-state index contributed by atoms with van der Waals surface area (Å²) in [6.45, 7) is 11.6. The topological polar surface area (TPSA) is 55.8 Å². The molecule has 5 nitrogen and oxygen atoms in total. The zero-order valence-corrected chi connectivity index (χ0v) is 20.6. The first-order chi connectivity index (χ1) is 15.6. The molecular weight excluding hydrogens is 438 g/mol. The number of aryl methyl sites for hydroxylation is 2. The molecule has 0 radical (unpaired) electrons. The molecule has 0 spiro atoms. The van der Waals surface area contributed by atoms with Gasteiger partial charge in [0.05, 0.1) is 12.7 Å². The summed E-state index contributed by atoms with van der Waals surface area (Å²) in [6, 6.07) is 11.8. The van der Waals surface area contributed by atoms with Gasteiger partial charge < -0.3 is 9.47 Å². The van der Waals surface area contributed by atoms with E-state index in [1.807, 2.05) is 52.0 Å². The van der Waals surface area contributed by atoms with Gasteiger partial charge in [-0.05, 0) is 59.2 Å². The average Bonchev–Trinajstić information content (AvgIpc) is 2.74. The molecule has 1 aliphatic carbocycles. The van der Waals surface area contributed by atoms with Crippen molar-refractivity contribution in [3.63, 3.8) is 0 Å². The number of carbonyl (C=O) groups is 2. The van der Waals surface area contributed by atoms with E-state index in [2.05, 4.69) is 18.7 Å². The molecule has 1 aliphatic rings. The molecule has 0 heterocycles. The van der Waals surface area contributed by atoms with Gasteiger partial charge in [-0.15, -0.1) is 0 Å². The number of benzene rings is 2. The maximum absolute atomic E-state index is 13.3. The summed E-state index contributed by atoms with van der Waals surface area (Å²) in [7, 11) is 1.30. The second-order valence-corrected chi connectivity index (χ2v) is 9.56. The zero-order valence-electron chi connectivity index (χ0n) is 19.8. The van der Waals surface area contributed by atoms with Crippen LogP contribution < -0.4 is 0 Å². The Bertz CT molecular complexity index is 1090. The van der Waals surface area contributed by atoms with E-state index in [-0.39, 0.29) is 17.9 Å². The molecule has 0 atom stereocenters. The fourth-order valence-corrected chi connectivity index (χ4v) is 4.40. The van der Waals surface area contributed by atoms with Crippen LogP contribution in [0.2, 0.25) is 5.02 Å². The molecule has 0 aromatic heterocycles. The first-order valence-corrected chi connectivity index (χ1v) is 11.2. The molecular formula is C27H30ClNO4. The van der Waals surface area contributed by atoms with E-state index in [0.717, 1.165) is 27.8 Å². The Morgan fingerprint density at radius 1 is 1.12 bits per heavy atom. The zero-order chi connectivity index (χ0) is 24.3. The normalized spacial score (nSPS) is 15.3. The number of allylic oxidation sites excluding steroid dienone is 2. The van der Waals surface area contributed by atoms with Gasteiger partial charge in [0.1, 0.15) is 5.76 Å². The van der Waals surface area contributed by atoms with Crippen LogP contribution in [0.3, 0.4) is 0 Å². The predicted molar refractivity (Wildman–Crippen MR) is 132 cm³/mol. The Hall–Kier alpha value is -3.05. The van der Waals surface area contributed by atoms with Crippen molar-refractivity contribution in [2.75, 3.05) is 13.8 Å². The number of Topliss-reactive ketones (excluding diaryl/α,β-unsaturated/α-hetero) is 1. The summed E-state index contributed by atoms with van der Waals surface area (Å²) in [5.41, 5.74) is 5.30. The highest BCUT2D eigenvalue weighted by Crippen LogP contribution is 2.43. The van der Waals surface area contributed by atoms with Gasteiger partial charge in [0.15, 0.2) is 12.5 Å². The van der Waals surface area contributed by atoms with Gasteiger partial charge >= 0.3 is 6.09 Å². The van der Waals surface area contributed by atoms with Crippen molar-refractivity contribution >= 4 is 29.1 Å². The van der Waals surface area contributed by atoms with E-state index in [4.69, 9.17) is 21.1 Å². The van der Waals surface area contributed by atoms with E-state index in [1.54, 1.807) is 0 Å². The molecule has 0 saturated carbocycles. The number of halogens is 1. The minimum Gasteiger partial charge on any atom is -0.476 e. The smallest absolute Gasteiger partial charge is 0.416 e. The van der Waals surface area contributed by atoms with Crippen LogP contribution in [0.15, 0.2) is 54.9 Å². The van der Waals surface area contributed by atoms with Crippen molar-refractivity contribution in [1.82, 2.24) is 4.90 Å². The van der Waals surface area contributed by atoms with Crippen molar-refractivity contribution in [2.45, 2.75) is 40.5 Å². The minimum absolute atomic E-state index is 0.0370. The fraction of sp³-hybridized carbons (Fsp3) is 0.333. The summed E-state index contributed by atoms with van der Waals surface area (Å²) in [5, 5.41) is 0.687. The minimum atomic E-state index is -0.576. The molecule has 2 aromatic carbocycles. The van der Waals surface area contributed by atoms with Gasteiger partial charge in [-0.25, -0.2) is 4.79 Å². The Morgan fingerprint density at radius 3 is 2.27 bits per heavy atom. The Morgan fingerprint density at radius 2 is 1.73 bits per heavy atom. The van der Waals surface area contributed by atoms with E-state index >= 15 is 0 Å². The lowest BCUT2D eigenvalue weighted by Gasteiger charge is -2.33. The first kappa shape index (κ1) is 24.6. The van der Waals surface area contributed by atoms with Crippen molar-refractivity contribution in [3.8, 4) is 11.1 Å². The van der Waals surface area contributed by atoms with Crippen molar-refractivity contribution in [1.29, 1.82) is 0 Å². The second-order valence-electron chi connectivity index (χ2n) is 9.13. The fourth-order valence-electron chi connectivity index (χ4n) is 4.28. The van der Waals surface area contributed by atoms with Crippen LogP contribution in [-0.2, 0) is 14.3 Å². The Labute approximate surface area is 200 Å². The molecule has 6 heteroatoms. The van der Waals surface area contributed by atoms with Gasteiger partial charge in [0, 0.05) is 24.1 Å². The third kappa shape index (κ3) is 5.48. The highest BCUT2D eigenvalue weighted by atomic mass is 35.5. The van der Waals surface area contributed by atoms with Crippen LogP contribution in [0.5, 0.6) is 0 Å². The largest absolute Gasteiger partial charge is 0.476 e. The predicted octanol–water partition coefficient (Wildman–Crippen LogP) is 6.91. The Balaban J connectivity index is 2.07. The van der Waals surface area contributed by atoms with Gasteiger partial charge in [0.25, 0.3) is 0 Å². The molecule has 33 heavy (non-hydrogen) atoms. The summed E-state index contributed by atoms with van der Waals surface area (Å²) in [4.78, 5) is 26.5. The van der Waals surface area contributed by atoms with E-state index in [9.17, 15) is 9.59 Å². The number of carbonyl (C=O) groups excluding carboxylic acids is 2. The van der Waals surface area contributed by atoms with Crippen molar-refractivity contribution < 1.29 is 19.1 Å². The van der Waals surface area contributed by atoms with Crippen LogP contribution in [0.25, 0.3) is 16.7 Å². The quantitative estimate of drug-likeness (QED) is 0.433. The van der Waals surface area contributed by atoms with Gasteiger partial charge in [0.2, 0.25) is 0 Å². The number of methoxy groups -OCH3 is 1. The van der Waals surface area contributed by atoms with Crippen LogP contribution in [0.1, 0.15) is 43.4 Å². The average molecular weight is 468 g/mol. The lowest BCUT2D eigenvalue weighted by Crippen LogP contribution is -2.31. The Kier molecular flexibility index (Phi) is 7.33. The van der Waals surface area contributed by atoms with E-state index in [1.165, 1.54) is 18.2 Å². The molecule has 0 N–H and O–H groups in total. The third-order valence-corrected chi connectivity index (χ3v) is 6.06. The summed E-state index contributed by atoms with van der Waals surface area (Å²) in [6.07, 6.45) is 1.78. The number of hydrogen-bond donors (Lipinski definition) is 0. The molecule has 0 saturated heterocycles. The van der Waals surface area contributed by atoms with Crippen LogP contribution >= 0.6 is 11.6 Å². The molecule has 0 aliphatic heterocycles. The summed E-state index contributed by atoms with van der Waals surface area (Å²) < 4.78 is 10.8. The molecule has 2 aromatic rings. The lowest BCUT2D eigenvalue weighted by atomic mass is 9.74. The first-order valence-electron chi connectivity index (χ1n) is 10.8. The van der Waals surface area contributed by atoms with Crippen LogP contribution in [-0.4, -0.2) is 30.6 Å². The van der Waals surface area contributed by atoms with Crippen LogP contribution in [0.4, 0.5) is 4.79 Å². The highest BCUT2D eigenvalue weighted by molar-refractivity contribution is 6.30. The molecule has 0 bridgehead atoms. The maximum atomic E-state index is 13.3. The van der Waals surface area contributed by atoms with Crippen molar-refractivity contribution in [2.24, 2.45) is 5.41 Å². The number of ketones is 1. The van der Waals surface area contributed by atoms with Crippen molar-refractivity contribution in [3.05, 3.63) is 76.6 Å². The van der Waals surface area contributed by atoms with Crippen LogP contribution in [0, 0.1) is 19.3 Å². The van der Waals surface area contributed by atoms with E-state index < -0.39 is 6.09 Å². The standard InChI is InChI=1S/C27H30ClNO4/c1-7-29(26(31)32-6)16-33-23-15-27(4,5)14-22(30)25(23)24-17(2)12-20(13-18(24)3)19-8-10-21(28)11-9-19/h7-13H,1,14-16H2,2-6H3. The third-order valence-electron chi connectivity index (χ3n) is 5.80. The van der Waals surface area contributed by atoms with Gasteiger partial charge in [-0.3, -0.25) is 9.69 Å². The van der Waals surface area contributed by atoms with Gasteiger partial charge in [-0.1, -0.05) is 56.3 Å². The summed E-state index contributed by atoms with van der Waals surface area (Å²) in [5.74, 6) is 0.618. The number of amides is 1. The molecule has 3 rings (SSSR count). The van der Waals surface area contributed by atoms with Gasteiger partial charge in [-0.2, -0.15) is 0 Å².